The number of likely N-dealkylation sites (N-methyl/N-ethyl adjacent to an activating group) is 3. The normalized spacial score (nSPS) is 12.0. The van der Waals surface area contributed by atoms with Crippen LogP contribution in [0.3, 0.4) is 0 Å². The lowest BCUT2D eigenvalue weighted by Gasteiger charge is -2.33. The van der Waals surface area contributed by atoms with E-state index in [1.54, 1.807) is 14.1 Å². The van der Waals surface area contributed by atoms with Crippen molar-refractivity contribution in [2.24, 2.45) is 9.98 Å². The number of isocyanates is 2. The van der Waals surface area contributed by atoms with Crippen LogP contribution in [-0.4, -0.2) is 171 Å². The van der Waals surface area contributed by atoms with E-state index in [0.717, 1.165) is 0 Å². The molecular formula is C21H41N5O10. The number of carbonyl (C=O) groups excluding carboxylic acids is 4. The zero-order valence-electron chi connectivity index (χ0n) is 21.4. The van der Waals surface area contributed by atoms with Gasteiger partial charge < -0.3 is 54.1 Å². The summed E-state index contributed by atoms with van der Waals surface area (Å²) < 4.78 is 0.202. The summed E-state index contributed by atoms with van der Waals surface area (Å²) >= 11 is 0. The fraction of sp³-hybridized carbons (Fsp3) is 0.810. The number of hydrogen-bond donors (Lipinski definition) is 4. The first-order chi connectivity index (χ1) is 16.9. The first-order valence-electron chi connectivity index (χ1n) is 11.1. The van der Waals surface area contributed by atoms with E-state index in [2.05, 4.69) is 9.98 Å². The molecular weight excluding hydrogens is 482 g/mol. The predicted octanol–water partition coefficient (Wildman–Crippen LogP) is -6.08. The molecule has 0 aromatic rings. The number of aliphatic hydroxyl groups is 4. The third kappa shape index (κ3) is 26.0. The van der Waals surface area contributed by atoms with E-state index in [1.807, 2.05) is 11.9 Å². The molecule has 0 radical (unpaired) electrons. The molecule has 0 saturated carbocycles. The number of carbonyl (C=O) groups is 2. The van der Waals surface area contributed by atoms with Crippen LogP contribution in [0.25, 0.3) is 0 Å². The Bertz CT molecular complexity index is 648. The average molecular weight is 524 g/mol. The van der Waals surface area contributed by atoms with Gasteiger partial charge in [0, 0.05) is 13.1 Å². The molecule has 0 amide bonds. The second kappa shape index (κ2) is 24.1. The molecule has 0 fully saturated rings. The zero-order chi connectivity index (χ0) is 28.5. The second-order valence-electron chi connectivity index (χ2n) is 8.34. The van der Waals surface area contributed by atoms with E-state index in [-0.39, 0.29) is 61.6 Å². The van der Waals surface area contributed by atoms with Crippen LogP contribution in [0.1, 0.15) is 0 Å². The average Bonchev–Trinajstić information content (AvgIpc) is 2.74. The van der Waals surface area contributed by atoms with E-state index < -0.39 is 11.9 Å². The van der Waals surface area contributed by atoms with Crippen LogP contribution in [0.2, 0.25) is 0 Å². The number of quaternary nitrogens is 2. The van der Waals surface area contributed by atoms with Crippen LogP contribution in [0.5, 0.6) is 0 Å². The smallest absolute Gasteiger partial charge is 0.235 e. The molecule has 0 heterocycles. The summed E-state index contributed by atoms with van der Waals surface area (Å²) in [7, 11) is 5.17. The van der Waals surface area contributed by atoms with E-state index in [9.17, 15) is 29.4 Å². The summed E-state index contributed by atoms with van der Waals surface area (Å²) in [5.41, 5.74) is 0. The Hall–Kier alpha value is -2.58. The Morgan fingerprint density at radius 1 is 0.722 bits per heavy atom. The van der Waals surface area contributed by atoms with Gasteiger partial charge in [0.25, 0.3) is 0 Å². The molecule has 0 rings (SSSR count). The first-order valence-corrected chi connectivity index (χ1v) is 11.1. The maximum atomic E-state index is 10.5. The Morgan fingerprint density at radius 2 is 1.06 bits per heavy atom. The SMILES string of the molecule is CN(CCO)CCO.C[N+](CCN=C=O)(CCN=C=O)CC(=O)[O-].C[N+](CCO)(CCO)CC(=O)[O-]. The molecule has 0 saturated heterocycles. The highest BCUT2D eigenvalue weighted by Gasteiger charge is 2.21. The van der Waals surface area contributed by atoms with Crippen molar-refractivity contribution in [3.63, 3.8) is 0 Å². The van der Waals surface area contributed by atoms with Crippen molar-refractivity contribution in [3.8, 4) is 0 Å². The highest BCUT2D eigenvalue weighted by Crippen LogP contribution is 2.01. The number of hydrogen-bond acceptors (Lipinski definition) is 13. The molecule has 210 valence electrons. The molecule has 4 N–H and O–H groups in total. The zero-order valence-corrected chi connectivity index (χ0v) is 21.4. The molecule has 0 aromatic heterocycles. The molecule has 0 unspecified atom stereocenters. The highest BCUT2D eigenvalue weighted by molar-refractivity contribution is 5.65. The number of aliphatic hydroxyl groups excluding tert-OH is 4. The van der Waals surface area contributed by atoms with Crippen molar-refractivity contribution in [3.05, 3.63) is 0 Å². The minimum Gasteiger partial charge on any atom is -0.544 e. The molecule has 15 nitrogen and oxygen atoms in total. The molecule has 0 aliphatic carbocycles. The maximum Gasteiger partial charge on any atom is 0.235 e. The quantitative estimate of drug-likeness (QED) is 0.0751. The number of carboxylic acids is 2. The van der Waals surface area contributed by atoms with Crippen molar-refractivity contribution >= 4 is 24.1 Å². The molecule has 36 heavy (non-hydrogen) atoms. The number of aliphatic imine (C=N–C) groups is 2. The molecule has 15 heteroatoms. The van der Waals surface area contributed by atoms with Crippen LogP contribution in [0, 0.1) is 0 Å². The topological polar surface area (TPSA) is 223 Å². The number of aliphatic carboxylic acids is 2. The third-order valence-electron chi connectivity index (χ3n) is 4.90. The van der Waals surface area contributed by atoms with Gasteiger partial charge in [-0.15, -0.1) is 0 Å². The fourth-order valence-corrected chi connectivity index (χ4v) is 2.77. The Labute approximate surface area is 211 Å². The summed E-state index contributed by atoms with van der Waals surface area (Å²) in [6, 6.07) is 0. The summed E-state index contributed by atoms with van der Waals surface area (Å²) in [4.78, 5) is 49.1. The molecule has 0 aliphatic rings. The van der Waals surface area contributed by atoms with Crippen molar-refractivity contribution in [1.82, 2.24) is 4.90 Å². The van der Waals surface area contributed by atoms with Crippen LogP contribution in [0.4, 0.5) is 0 Å². The number of nitrogens with zero attached hydrogens (tertiary/aromatic N) is 5. The maximum absolute atomic E-state index is 10.5. The van der Waals surface area contributed by atoms with Gasteiger partial charge >= 0.3 is 0 Å². The van der Waals surface area contributed by atoms with E-state index >= 15 is 0 Å². The first kappa shape index (κ1) is 38.0. The van der Waals surface area contributed by atoms with Gasteiger partial charge in [0.05, 0.1) is 65.6 Å². The van der Waals surface area contributed by atoms with Crippen molar-refractivity contribution in [1.29, 1.82) is 0 Å². The van der Waals surface area contributed by atoms with Gasteiger partial charge in [0.1, 0.15) is 39.3 Å². The number of carboxylic acid groups (broad SMARTS) is 2. The Kier molecular flexibility index (Phi) is 25.4. The van der Waals surface area contributed by atoms with E-state index in [4.69, 9.17) is 20.4 Å². The standard InChI is InChI=1S/C9H13N3O4.C7H15NO4.C5H13NO2/c1-12(6-9(15)16,4-2-10-7-13)5-3-11-8-14;1-8(2-4-9,3-5-10)6-7(11)12;1-6(2-4-7)3-5-8/h2-6H2,1H3;9-10H,2-6H2,1H3;7-8H,2-5H2,1H3. The van der Waals surface area contributed by atoms with E-state index in [0.29, 0.717) is 39.3 Å². The lowest BCUT2D eigenvalue weighted by atomic mass is 10.3. The van der Waals surface area contributed by atoms with Gasteiger partial charge in [0.2, 0.25) is 12.2 Å². The molecule has 0 aromatic carbocycles. The minimum absolute atomic E-state index is 0.0935. The molecule has 0 bridgehead atoms. The van der Waals surface area contributed by atoms with Crippen LogP contribution in [-0.2, 0) is 19.2 Å². The summed E-state index contributed by atoms with van der Waals surface area (Å²) in [6.45, 7) is 2.69. The van der Waals surface area contributed by atoms with Crippen LogP contribution < -0.4 is 10.2 Å². The van der Waals surface area contributed by atoms with E-state index in [1.165, 1.54) is 12.2 Å². The Balaban J connectivity index is -0.000000481. The van der Waals surface area contributed by atoms with Gasteiger partial charge in [0.15, 0.2) is 0 Å². The molecule has 0 aliphatic heterocycles. The fourth-order valence-electron chi connectivity index (χ4n) is 2.77. The largest absolute Gasteiger partial charge is 0.544 e. The highest BCUT2D eigenvalue weighted by atomic mass is 16.4. The van der Waals surface area contributed by atoms with Crippen molar-refractivity contribution in [2.45, 2.75) is 0 Å². The van der Waals surface area contributed by atoms with Crippen LogP contribution in [0.15, 0.2) is 9.98 Å². The van der Waals surface area contributed by atoms with Gasteiger partial charge in [-0.1, -0.05) is 0 Å². The van der Waals surface area contributed by atoms with Crippen LogP contribution >= 0.6 is 0 Å². The summed E-state index contributed by atoms with van der Waals surface area (Å²) in [5.74, 6) is -2.37. The summed E-state index contributed by atoms with van der Waals surface area (Å²) in [5, 5.41) is 54.8. The van der Waals surface area contributed by atoms with Crippen molar-refractivity contribution < 1.29 is 58.8 Å². The predicted molar refractivity (Wildman–Crippen MR) is 123 cm³/mol. The molecule has 0 spiro atoms. The lowest BCUT2D eigenvalue weighted by Crippen LogP contribution is -2.54. The monoisotopic (exact) mass is 523 g/mol. The summed E-state index contributed by atoms with van der Waals surface area (Å²) in [6.07, 6.45) is 2.75. The third-order valence-corrected chi connectivity index (χ3v) is 4.90. The molecule has 0 atom stereocenters. The van der Waals surface area contributed by atoms with Gasteiger partial charge in [-0.25, -0.2) is 9.59 Å². The Morgan fingerprint density at radius 3 is 1.31 bits per heavy atom. The van der Waals surface area contributed by atoms with Gasteiger partial charge in [-0.2, -0.15) is 9.98 Å². The van der Waals surface area contributed by atoms with Crippen molar-refractivity contribution in [2.75, 3.05) is 113 Å². The minimum atomic E-state index is -1.20. The van der Waals surface area contributed by atoms with Gasteiger partial charge in [-0.05, 0) is 7.05 Å². The number of rotatable bonds is 18. The van der Waals surface area contributed by atoms with Gasteiger partial charge in [-0.3, -0.25) is 0 Å². The lowest BCUT2D eigenvalue weighted by molar-refractivity contribution is -0.904. The second-order valence-corrected chi connectivity index (χ2v) is 8.34.